The number of nitrogens with one attached hydrogen (secondary N) is 1. The fourth-order valence-electron chi connectivity index (χ4n) is 2.02. The van der Waals surface area contributed by atoms with E-state index in [9.17, 15) is 0 Å². The minimum atomic E-state index is 0.259. The van der Waals surface area contributed by atoms with E-state index in [0.29, 0.717) is 11.8 Å². The summed E-state index contributed by atoms with van der Waals surface area (Å²) in [5.74, 6) is 6.22. The van der Waals surface area contributed by atoms with E-state index in [2.05, 4.69) is 31.3 Å². The maximum Gasteiger partial charge on any atom is 0.240 e. The molecule has 3 N–H and O–H groups in total. The van der Waals surface area contributed by atoms with Gasteiger partial charge in [0.15, 0.2) is 0 Å². The van der Waals surface area contributed by atoms with E-state index in [1.165, 1.54) is 25.7 Å². The molecule has 5 nitrogen and oxygen atoms in total. The first-order valence-electron chi connectivity index (χ1n) is 5.95. The monoisotopic (exact) mass is 300 g/mol. The zero-order valence-electron chi connectivity index (χ0n) is 9.66. The number of nitrogen functional groups attached to an aromatic ring is 1. The standard InChI is InChI=1S/C11H17BrN4O/c12-9-7-14-11(16-13)15-10(9)17-8-5-3-1-2-4-6-8/h7-8H,1-6,13H2,(H,14,15,16). The molecule has 0 atom stereocenters. The molecule has 1 aromatic rings. The summed E-state index contributed by atoms with van der Waals surface area (Å²) < 4.78 is 6.68. The molecule has 94 valence electrons. The summed E-state index contributed by atoms with van der Waals surface area (Å²) in [5, 5.41) is 0. The summed E-state index contributed by atoms with van der Waals surface area (Å²) in [6, 6.07) is 0. The fourth-order valence-corrected chi connectivity index (χ4v) is 2.31. The average molecular weight is 301 g/mol. The lowest BCUT2D eigenvalue weighted by atomic mass is 10.1. The summed E-state index contributed by atoms with van der Waals surface area (Å²) >= 11 is 3.39. The quantitative estimate of drug-likeness (QED) is 0.510. The highest BCUT2D eigenvalue weighted by Gasteiger charge is 2.16. The van der Waals surface area contributed by atoms with E-state index in [0.717, 1.165) is 17.3 Å². The number of hydrogen-bond acceptors (Lipinski definition) is 5. The Kier molecular flexibility index (Phi) is 4.56. The second-order valence-electron chi connectivity index (χ2n) is 4.22. The number of halogens is 1. The highest BCUT2D eigenvalue weighted by atomic mass is 79.9. The van der Waals surface area contributed by atoms with Gasteiger partial charge in [0, 0.05) is 0 Å². The minimum Gasteiger partial charge on any atom is -0.473 e. The summed E-state index contributed by atoms with van der Waals surface area (Å²) in [7, 11) is 0. The zero-order valence-corrected chi connectivity index (χ0v) is 11.2. The Labute approximate surface area is 109 Å². The molecule has 1 aliphatic carbocycles. The van der Waals surface area contributed by atoms with Crippen molar-refractivity contribution in [2.75, 3.05) is 5.43 Å². The van der Waals surface area contributed by atoms with Crippen molar-refractivity contribution in [1.29, 1.82) is 0 Å². The van der Waals surface area contributed by atoms with Gasteiger partial charge in [0.25, 0.3) is 0 Å². The van der Waals surface area contributed by atoms with Crippen molar-refractivity contribution in [2.24, 2.45) is 5.84 Å². The maximum atomic E-state index is 5.92. The zero-order chi connectivity index (χ0) is 12.1. The van der Waals surface area contributed by atoms with Crippen LogP contribution >= 0.6 is 15.9 Å². The molecule has 0 aliphatic heterocycles. The van der Waals surface area contributed by atoms with Crippen LogP contribution in [0.4, 0.5) is 5.95 Å². The van der Waals surface area contributed by atoms with Gasteiger partial charge in [-0.1, -0.05) is 12.8 Å². The Hall–Kier alpha value is -0.880. The van der Waals surface area contributed by atoms with Crippen molar-refractivity contribution in [3.8, 4) is 5.88 Å². The van der Waals surface area contributed by atoms with Gasteiger partial charge in [-0.25, -0.2) is 10.8 Å². The Morgan fingerprint density at radius 3 is 2.65 bits per heavy atom. The van der Waals surface area contributed by atoms with E-state index in [4.69, 9.17) is 10.6 Å². The van der Waals surface area contributed by atoms with Crippen molar-refractivity contribution in [2.45, 2.75) is 44.6 Å². The van der Waals surface area contributed by atoms with E-state index in [1.807, 2.05) is 0 Å². The Morgan fingerprint density at radius 2 is 2.00 bits per heavy atom. The molecule has 17 heavy (non-hydrogen) atoms. The predicted octanol–water partition coefficient (Wildman–Crippen LogP) is 2.63. The first-order chi connectivity index (χ1) is 8.29. The number of hydrogen-bond donors (Lipinski definition) is 2. The third kappa shape index (κ3) is 3.54. The van der Waals surface area contributed by atoms with Gasteiger partial charge in [-0.15, -0.1) is 0 Å². The normalized spacial score (nSPS) is 17.5. The molecule has 1 fully saturated rings. The van der Waals surface area contributed by atoms with Crippen LogP contribution in [0.3, 0.4) is 0 Å². The molecular formula is C11H17BrN4O. The smallest absolute Gasteiger partial charge is 0.240 e. The number of hydrazine groups is 1. The van der Waals surface area contributed by atoms with Crippen LogP contribution in [0, 0.1) is 0 Å². The summed E-state index contributed by atoms with van der Waals surface area (Å²) in [6.07, 6.45) is 9.18. The van der Waals surface area contributed by atoms with Crippen LogP contribution in [0.25, 0.3) is 0 Å². The number of ether oxygens (including phenoxy) is 1. The molecule has 0 radical (unpaired) electrons. The van der Waals surface area contributed by atoms with Crippen LogP contribution in [-0.2, 0) is 0 Å². The topological polar surface area (TPSA) is 73.1 Å². The predicted molar refractivity (Wildman–Crippen MR) is 69.7 cm³/mol. The number of aromatic nitrogens is 2. The van der Waals surface area contributed by atoms with Gasteiger partial charge in [0.1, 0.15) is 6.10 Å². The molecule has 1 heterocycles. The maximum absolute atomic E-state index is 5.92. The van der Waals surface area contributed by atoms with Gasteiger partial charge in [-0.2, -0.15) is 4.98 Å². The van der Waals surface area contributed by atoms with Gasteiger partial charge in [-0.3, -0.25) is 5.43 Å². The molecule has 2 rings (SSSR count). The first kappa shape index (κ1) is 12.6. The van der Waals surface area contributed by atoms with E-state index >= 15 is 0 Å². The lowest BCUT2D eigenvalue weighted by molar-refractivity contribution is 0.175. The molecule has 0 amide bonds. The summed E-state index contributed by atoms with van der Waals surface area (Å²) in [4.78, 5) is 8.19. The molecule has 6 heteroatoms. The van der Waals surface area contributed by atoms with Crippen molar-refractivity contribution >= 4 is 21.9 Å². The van der Waals surface area contributed by atoms with E-state index < -0.39 is 0 Å². The number of anilines is 1. The van der Waals surface area contributed by atoms with Crippen molar-refractivity contribution in [1.82, 2.24) is 9.97 Å². The molecule has 1 aliphatic rings. The Morgan fingerprint density at radius 1 is 1.29 bits per heavy atom. The molecule has 0 aromatic carbocycles. The molecule has 0 bridgehead atoms. The van der Waals surface area contributed by atoms with Gasteiger partial charge in [0.05, 0.1) is 10.7 Å². The number of nitrogens with zero attached hydrogens (tertiary/aromatic N) is 2. The van der Waals surface area contributed by atoms with Crippen LogP contribution in [0.15, 0.2) is 10.7 Å². The molecule has 1 saturated carbocycles. The van der Waals surface area contributed by atoms with Crippen LogP contribution in [0.2, 0.25) is 0 Å². The average Bonchev–Trinajstić information content (AvgIpc) is 2.60. The van der Waals surface area contributed by atoms with Gasteiger partial charge < -0.3 is 4.74 Å². The van der Waals surface area contributed by atoms with Gasteiger partial charge in [0.2, 0.25) is 11.8 Å². The van der Waals surface area contributed by atoms with Crippen LogP contribution in [-0.4, -0.2) is 16.1 Å². The van der Waals surface area contributed by atoms with Crippen molar-refractivity contribution in [3.63, 3.8) is 0 Å². The number of rotatable bonds is 3. The fraction of sp³-hybridized carbons (Fsp3) is 0.636. The first-order valence-corrected chi connectivity index (χ1v) is 6.74. The number of nitrogens with two attached hydrogens (primary N) is 1. The van der Waals surface area contributed by atoms with Crippen molar-refractivity contribution in [3.05, 3.63) is 10.7 Å². The summed E-state index contributed by atoms with van der Waals surface area (Å²) in [6.45, 7) is 0. The molecule has 0 unspecified atom stereocenters. The van der Waals surface area contributed by atoms with E-state index in [1.54, 1.807) is 6.20 Å². The second kappa shape index (κ2) is 6.16. The largest absolute Gasteiger partial charge is 0.473 e. The minimum absolute atomic E-state index is 0.259. The highest BCUT2D eigenvalue weighted by Crippen LogP contribution is 2.27. The van der Waals surface area contributed by atoms with Crippen molar-refractivity contribution < 1.29 is 4.74 Å². The van der Waals surface area contributed by atoms with Crippen LogP contribution in [0.5, 0.6) is 5.88 Å². The Bertz CT molecular complexity index is 366. The lowest BCUT2D eigenvalue weighted by Gasteiger charge is -2.17. The lowest BCUT2D eigenvalue weighted by Crippen LogP contribution is -2.17. The SMILES string of the molecule is NNc1ncc(Br)c(OC2CCCCCC2)n1. The van der Waals surface area contributed by atoms with Gasteiger partial charge in [-0.05, 0) is 41.6 Å². The van der Waals surface area contributed by atoms with Crippen LogP contribution in [0.1, 0.15) is 38.5 Å². The van der Waals surface area contributed by atoms with Gasteiger partial charge >= 0.3 is 0 Å². The molecule has 0 spiro atoms. The van der Waals surface area contributed by atoms with Crippen LogP contribution < -0.4 is 16.0 Å². The third-order valence-electron chi connectivity index (χ3n) is 2.92. The molecule has 1 aromatic heterocycles. The molecule has 0 saturated heterocycles. The summed E-state index contributed by atoms with van der Waals surface area (Å²) in [5.41, 5.74) is 2.42. The second-order valence-corrected chi connectivity index (χ2v) is 5.08. The third-order valence-corrected chi connectivity index (χ3v) is 3.47. The molecular weight excluding hydrogens is 284 g/mol. The Balaban J connectivity index is 2.05. The highest BCUT2D eigenvalue weighted by molar-refractivity contribution is 9.10. The van der Waals surface area contributed by atoms with E-state index in [-0.39, 0.29) is 6.10 Å².